The number of hydrogen-bond acceptors (Lipinski definition) is 4. The summed E-state index contributed by atoms with van der Waals surface area (Å²) in [7, 11) is 0. The molecular weight excluding hydrogens is 560 g/mol. The summed E-state index contributed by atoms with van der Waals surface area (Å²) < 4.78 is 80.6. The third kappa shape index (κ3) is 7.45. The summed E-state index contributed by atoms with van der Waals surface area (Å²) in [5, 5.41) is 10.2. The molecule has 1 N–H and O–H groups in total. The second kappa shape index (κ2) is 12.1. The van der Waals surface area contributed by atoms with Crippen LogP contribution < -0.4 is 0 Å². The quantitative estimate of drug-likeness (QED) is 0.323. The Bertz CT molecular complexity index is 1300. The minimum absolute atomic E-state index is 0.00491. The number of hydrogen-bond donors (Lipinski definition) is 1. The minimum Gasteiger partial charge on any atom is -0.506 e. The number of benzene rings is 2. The Hall–Kier alpha value is -3.31. The first-order chi connectivity index (χ1) is 18.8. The normalized spacial score (nSPS) is 16.8. The second-order valence-electron chi connectivity index (χ2n) is 9.70. The van der Waals surface area contributed by atoms with Gasteiger partial charge >= 0.3 is 12.4 Å². The maximum absolute atomic E-state index is 13.5. The molecule has 0 aliphatic carbocycles. The van der Waals surface area contributed by atoms with Crippen molar-refractivity contribution in [2.75, 3.05) is 26.2 Å². The molecule has 1 fully saturated rings. The average Bonchev–Trinajstić information content (AvgIpc) is 2.90. The lowest BCUT2D eigenvalue weighted by molar-refractivity contribution is -0.143. The third-order valence-corrected chi connectivity index (χ3v) is 7.13. The first-order valence-corrected chi connectivity index (χ1v) is 12.9. The summed E-state index contributed by atoms with van der Waals surface area (Å²) >= 11 is 5.91. The summed E-state index contributed by atoms with van der Waals surface area (Å²) in [6, 6.07) is 8.71. The van der Waals surface area contributed by atoms with Gasteiger partial charge in [-0.1, -0.05) is 23.7 Å². The fraction of sp³-hybridized carbons (Fsp3) is 0.357. The smallest absolute Gasteiger partial charge is 0.416 e. The molecule has 2 aromatic carbocycles. The van der Waals surface area contributed by atoms with Gasteiger partial charge in [0.15, 0.2) is 0 Å². The molecule has 1 amide bonds. The summed E-state index contributed by atoms with van der Waals surface area (Å²) in [6.45, 7) is 1.51. The van der Waals surface area contributed by atoms with Crippen molar-refractivity contribution in [3.8, 4) is 5.75 Å². The molecule has 1 aliphatic rings. The van der Waals surface area contributed by atoms with E-state index in [1.807, 2.05) is 12.1 Å². The Morgan fingerprint density at radius 3 is 2.27 bits per heavy atom. The fourth-order valence-electron chi connectivity index (χ4n) is 4.82. The van der Waals surface area contributed by atoms with E-state index in [1.54, 1.807) is 18.5 Å². The number of halogens is 7. The molecule has 1 aliphatic heterocycles. The summed E-state index contributed by atoms with van der Waals surface area (Å²) in [4.78, 5) is 21.0. The Morgan fingerprint density at radius 1 is 0.975 bits per heavy atom. The van der Waals surface area contributed by atoms with Crippen molar-refractivity contribution in [1.82, 2.24) is 14.8 Å². The van der Waals surface area contributed by atoms with Gasteiger partial charge in [-0.2, -0.15) is 26.3 Å². The molecule has 0 unspecified atom stereocenters. The van der Waals surface area contributed by atoms with Gasteiger partial charge in [0.25, 0.3) is 5.91 Å². The number of aromatic hydroxyl groups is 1. The molecule has 214 valence electrons. The molecule has 1 atom stereocenters. The molecular formula is C28H26ClF6N3O2. The highest BCUT2D eigenvalue weighted by molar-refractivity contribution is 6.32. The summed E-state index contributed by atoms with van der Waals surface area (Å²) in [6.07, 6.45) is -4.91. The number of pyridine rings is 1. The third-order valence-electron chi connectivity index (χ3n) is 6.81. The lowest BCUT2D eigenvalue weighted by Crippen LogP contribution is -2.56. The molecule has 0 radical (unpaired) electrons. The number of aromatic nitrogens is 1. The van der Waals surface area contributed by atoms with Crippen LogP contribution in [0.5, 0.6) is 5.75 Å². The molecule has 3 aromatic rings. The number of phenols is 1. The van der Waals surface area contributed by atoms with E-state index >= 15 is 0 Å². The molecule has 2 heterocycles. The number of carbonyl (C=O) groups is 1. The zero-order valence-corrected chi connectivity index (χ0v) is 21.9. The van der Waals surface area contributed by atoms with Crippen LogP contribution in [0.4, 0.5) is 26.3 Å². The largest absolute Gasteiger partial charge is 0.506 e. The number of amides is 1. The van der Waals surface area contributed by atoms with Gasteiger partial charge in [-0.05, 0) is 73.3 Å². The van der Waals surface area contributed by atoms with Crippen molar-refractivity contribution in [3.63, 3.8) is 0 Å². The van der Waals surface area contributed by atoms with Crippen LogP contribution in [0.1, 0.15) is 39.0 Å². The van der Waals surface area contributed by atoms with Gasteiger partial charge in [-0.15, -0.1) is 0 Å². The molecule has 40 heavy (non-hydrogen) atoms. The van der Waals surface area contributed by atoms with Crippen LogP contribution in [0.2, 0.25) is 5.02 Å². The minimum atomic E-state index is -5.07. The maximum Gasteiger partial charge on any atom is 0.416 e. The molecule has 5 nitrogen and oxygen atoms in total. The monoisotopic (exact) mass is 585 g/mol. The number of aryl methyl sites for hydroxylation is 1. The van der Waals surface area contributed by atoms with Crippen molar-refractivity contribution in [2.45, 2.75) is 37.7 Å². The van der Waals surface area contributed by atoms with Gasteiger partial charge in [0.2, 0.25) is 0 Å². The van der Waals surface area contributed by atoms with Gasteiger partial charge in [-0.3, -0.25) is 14.7 Å². The Balaban J connectivity index is 1.59. The van der Waals surface area contributed by atoms with Crippen LogP contribution in [0.25, 0.3) is 0 Å². The highest BCUT2D eigenvalue weighted by Crippen LogP contribution is 2.37. The molecule has 12 heteroatoms. The molecule has 1 aromatic heterocycles. The van der Waals surface area contributed by atoms with Crippen molar-refractivity contribution in [3.05, 3.63) is 93.8 Å². The second-order valence-corrected chi connectivity index (χ2v) is 10.1. The van der Waals surface area contributed by atoms with Crippen molar-refractivity contribution < 1.29 is 36.2 Å². The highest BCUT2D eigenvalue weighted by Gasteiger charge is 2.39. The number of phenolic OH excluding ortho intramolecular Hbond substituents is 1. The van der Waals surface area contributed by atoms with Gasteiger partial charge in [0, 0.05) is 43.6 Å². The van der Waals surface area contributed by atoms with E-state index in [4.69, 9.17) is 11.6 Å². The predicted molar refractivity (Wildman–Crippen MR) is 137 cm³/mol. The Kier molecular flexibility index (Phi) is 8.94. The first kappa shape index (κ1) is 29.7. The van der Waals surface area contributed by atoms with Gasteiger partial charge < -0.3 is 10.0 Å². The number of carbonyl (C=O) groups excluding carboxylic acids is 1. The van der Waals surface area contributed by atoms with E-state index in [2.05, 4.69) is 9.88 Å². The van der Waals surface area contributed by atoms with Gasteiger partial charge in [0.1, 0.15) is 5.75 Å². The zero-order chi connectivity index (χ0) is 29.1. The van der Waals surface area contributed by atoms with E-state index in [1.165, 1.54) is 17.0 Å². The highest BCUT2D eigenvalue weighted by atomic mass is 35.5. The average molecular weight is 586 g/mol. The lowest BCUT2D eigenvalue weighted by Gasteiger charge is -2.42. The van der Waals surface area contributed by atoms with E-state index in [-0.39, 0.29) is 29.8 Å². The van der Waals surface area contributed by atoms with Crippen molar-refractivity contribution in [2.24, 2.45) is 0 Å². The van der Waals surface area contributed by atoms with E-state index in [0.717, 1.165) is 18.4 Å². The van der Waals surface area contributed by atoms with Crippen LogP contribution in [-0.2, 0) is 25.2 Å². The van der Waals surface area contributed by atoms with Crippen LogP contribution in [0.15, 0.2) is 60.9 Å². The van der Waals surface area contributed by atoms with Crippen LogP contribution in [0.3, 0.4) is 0 Å². The van der Waals surface area contributed by atoms with Crippen molar-refractivity contribution in [1.29, 1.82) is 0 Å². The van der Waals surface area contributed by atoms with E-state index in [9.17, 15) is 36.2 Å². The van der Waals surface area contributed by atoms with E-state index < -0.39 is 41.0 Å². The number of rotatable bonds is 7. The molecule has 1 saturated heterocycles. The molecule has 0 saturated carbocycles. The van der Waals surface area contributed by atoms with Crippen LogP contribution in [-0.4, -0.2) is 58.0 Å². The number of piperazine rings is 1. The standard InChI is InChI=1S/C28H26ClF6N3O2/c29-24-6-5-19(12-25(24)39)11-23-17-37(8-2-4-18-3-1-7-36-16-18)9-10-38(23)26(40)20-13-21(27(30,31)32)15-22(14-20)28(33,34)35/h1,3,5-7,12-16,23,39H,2,4,8-11,17H2/t23-/m1/s1. The summed E-state index contributed by atoms with van der Waals surface area (Å²) in [5.74, 6) is -1.09. The molecule has 4 rings (SSSR count). The van der Waals surface area contributed by atoms with Crippen LogP contribution >= 0.6 is 11.6 Å². The molecule has 0 spiro atoms. The number of alkyl halides is 6. The lowest BCUT2D eigenvalue weighted by atomic mass is 9.98. The topological polar surface area (TPSA) is 56.7 Å². The van der Waals surface area contributed by atoms with E-state index in [0.29, 0.717) is 37.3 Å². The van der Waals surface area contributed by atoms with Gasteiger partial charge in [-0.25, -0.2) is 0 Å². The molecule has 0 bridgehead atoms. The summed E-state index contributed by atoms with van der Waals surface area (Å²) in [5.41, 5.74) is -2.09. The predicted octanol–water partition coefficient (Wildman–Crippen LogP) is 6.48. The zero-order valence-electron chi connectivity index (χ0n) is 21.1. The SMILES string of the molecule is O=C(c1cc(C(F)(F)F)cc(C(F)(F)F)c1)N1CCN(CCCc2cccnc2)C[C@H]1Cc1ccc(Cl)c(O)c1. The maximum atomic E-state index is 13.5. The first-order valence-electron chi connectivity index (χ1n) is 12.5. The fourth-order valence-corrected chi connectivity index (χ4v) is 4.94. The van der Waals surface area contributed by atoms with Crippen LogP contribution in [0, 0.1) is 0 Å². The Morgan fingerprint density at radius 2 is 1.68 bits per heavy atom. The Labute approximate surface area is 232 Å². The van der Waals surface area contributed by atoms with Gasteiger partial charge in [0.05, 0.1) is 16.1 Å². The van der Waals surface area contributed by atoms with Crippen molar-refractivity contribution >= 4 is 17.5 Å². The number of nitrogens with zero attached hydrogens (tertiary/aromatic N) is 3.